The van der Waals surface area contributed by atoms with Gasteiger partial charge < -0.3 is 11.1 Å². The molecule has 0 saturated carbocycles. The van der Waals surface area contributed by atoms with Gasteiger partial charge in [-0.05, 0) is 52.9 Å². The molecule has 2 aromatic carbocycles. The Balaban J connectivity index is 2.06. The molecular formula is C15H12IN3. The highest BCUT2D eigenvalue weighted by atomic mass is 127. The van der Waals surface area contributed by atoms with E-state index in [0.29, 0.717) is 0 Å². The summed E-state index contributed by atoms with van der Waals surface area (Å²) in [5.74, 6) is 0. The number of benzene rings is 2. The molecule has 0 spiro atoms. The molecule has 0 unspecified atom stereocenters. The molecule has 3 nitrogen and oxygen atoms in total. The van der Waals surface area contributed by atoms with E-state index >= 15 is 0 Å². The molecule has 0 radical (unpaired) electrons. The van der Waals surface area contributed by atoms with Crippen LogP contribution in [0.4, 0.5) is 17.1 Å². The van der Waals surface area contributed by atoms with Gasteiger partial charge in [0, 0.05) is 15.2 Å². The maximum atomic E-state index is 6.03. The summed E-state index contributed by atoms with van der Waals surface area (Å²) in [7, 11) is 0. The van der Waals surface area contributed by atoms with Crippen molar-refractivity contribution in [3.8, 4) is 0 Å². The topological polar surface area (TPSA) is 50.9 Å². The summed E-state index contributed by atoms with van der Waals surface area (Å²) in [5.41, 5.74) is 9.57. The molecule has 19 heavy (non-hydrogen) atoms. The summed E-state index contributed by atoms with van der Waals surface area (Å²) >= 11 is 2.25. The third kappa shape index (κ3) is 2.49. The molecule has 0 aliphatic heterocycles. The van der Waals surface area contributed by atoms with Crippen molar-refractivity contribution < 1.29 is 0 Å². The molecular weight excluding hydrogens is 349 g/mol. The van der Waals surface area contributed by atoms with Crippen molar-refractivity contribution in [2.45, 2.75) is 0 Å². The minimum atomic E-state index is 0.736. The van der Waals surface area contributed by atoms with Gasteiger partial charge in [-0.1, -0.05) is 18.2 Å². The first-order valence-corrected chi connectivity index (χ1v) is 6.98. The van der Waals surface area contributed by atoms with Crippen molar-refractivity contribution in [1.29, 1.82) is 0 Å². The van der Waals surface area contributed by atoms with Crippen molar-refractivity contribution in [3.63, 3.8) is 0 Å². The van der Waals surface area contributed by atoms with E-state index in [-0.39, 0.29) is 0 Å². The third-order valence-electron chi connectivity index (χ3n) is 2.92. The van der Waals surface area contributed by atoms with Gasteiger partial charge in [0.05, 0.1) is 22.6 Å². The van der Waals surface area contributed by atoms with E-state index in [2.05, 4.69) is 32.9 Å². The molecule has 4 heteroatoms. The molecule has 3 rings (SSSR count). The van der Waals surface area contributed by atoms with E-state index in [1.54, 1.807) is 6.20 Å². The van der Waals surface area contributed by atoms with Gasteiger partial charge in [0.25, 0.3) is 0 Å². The number of rotatable bonds is 2. The summed E-state index contributed by atoms with van der Waals surface area (Å²) in [4.78, 5) is 4.42. The predicted molar refractivity (Wildman–Crippen MR) is 88.6 cm³/mol. The quantitative estimate of drug-likeness (QED) is 0.532. The zero-order valence-corrected chi connectivity index (χ0v) is 12.3. The highest BCUT2D eigenvalue weighted by Crippen LogP contribution is 2.28. The largest absolute Gasteiger partial charge is 0.397 e. The zero-order chi connectivity index (χ0) is 13.2. The van der Waals surface area contributed by atoms with E-state index < -0.39 is 0 Å². The normalized spacial score (nSPS) is 10.6. The summed E-state index contributed by atoms with van der Waals surface area (Å²) in [6.07, 6.45) is 1.80. The second-order valence-corrected chi connectivity index (χ2v) is 5.48. The zero-order valence-electron chi connectivity index (χ0n) is 10.1. The number of halogens is 1. The Morgan fingerprint density at radius 3 is 2.68 bits per heavy atom. The number of nitrogen functional groups attached to an aromatic ring is 1. The lowest BCUT2D eigenvalue weighted by atomic mass is 10.2. The number of fused-ring (bicyclic) bond motifs is 1. The van der Waals surface area contributed by atoms with Crippen molar-refractivity contribution >= 4 is 50.6 Å². The summed E-state index contributed by atoms with van der Waals surface area (Å²) in [6.45, 7) is 0. The van der Waals surface area contributed by atoms with Crippen molar-refractivity contribution in [2.24, 2.45) is 0 Å². The number of pyridine rings is 1. The summed E-state index contributed by atoms with van der Waals surface area (Å²) < 4.78 is 1.12. The lowest BCUT2D eigenvalue weighted by Gasteiger charge is -2.11. The molecule has 0 aliphatic carbocycles. The van der Waals surface area contributed by atoms with E-state index in [9.17, 15) is 0 Å². The summed E-state index contributed by atoms with van der Waals surface area (Å²) in [6, 6.07) is 16.0. The Morgan fingerprint density at radius 2 is 1.84 bits per heavy atom. The molecule has 3 aromatic rings. The monoisotopic (exact) mass is 361 g/mol. The van der Waals surface area contributed by atoms with Crippen LogP contribution in [-0.2, 0) is 0 Å². The first-order chi connectivity index (χ1) is 9.24. The van der Waals surface area contributed by atoms with Crippen molar-refractivity contribution in [1.82, 2.24) is 4.98 Å². The molecule has 3 N–H and O–H groups in total. The molecule has 0 bridgehead atoms. The Labute approximate surface area is 125 Å². The van der Waals surface area contributed by atoms with Crippen LogP contribution in [0.5, 0.6) is 0 Å². The van der Waals surface area contributed by atoms with Gasteiger partial charge >= 0.3 is 0 Å². The van der Waals surface area contributed by atoms with Crippen molar-refractivity contribution in [2.75, 3.05) is 11.1 Å². The van der Waals surface area contributed by atoms with Crippen LogP contribution in [0.15, 0.2) is 54.7 Å². The number of anilines is 3. The van der Waals surface area contributed by atoms with Gasteiger partial charge in [0.15, 0.2) is 0 Å². The van der Waals surface area contributed by atoms with Crippen LogP contribution in [0, 0.1) is 3.57 Å². The molecule has 0 amide bonds. The van der Waals surface area contributed by atoms with E-state index in [1.807, 2.05) is 48.5 Å². The van der Waals surface area contributed by atoms with E-state index in [4.69, 9.17) is 5.73 Å². The van der Waals surface area contributed by atoms with Gasteiger partial charge in [-0.3, -0.25) is 4.98 Å². The summed E-state index contributed by atoms with van der Waals surface area (Å²) in [5, 5.41) is 4.46. The second kappa shape index (κ2) is 5.05. The molecule has 1 heterocycles. The van der Waals surface area contributed by atoms with Gasteiger partial charge in [-0.25, -0.2) is 0 Å². The Hall–Kier alpha value is -1.82. The minimum absolute atomic E-state index is 0.736. The highest BCUT2D eigenvalue weighted by Gasteiger charge is 2.04. The number of nitrogens with one attached hydrogen (secondary N) is 1. The van der Waals surface area contributed by atoms with Crippen LogP contribution >= 0.6 is 22.6 Å². The van der Waals surface area contributed by atoms with Crippen LogP contribution in [0.2, 0.25) is 0 Å². The minimum Gasteiger partial charge on any atom is -0.397 e. The Bertz CT molecular complexity index is 735. The van der Waals surface area contributed by atoms with Gasteiger partial charge in [-0.2, -0.15) is 0 Å². The van der Waals surface area contributed by atoms with Gasteiger partial charge in [0.1, 0.15) is 0 Å². The number of para-hydroxylation sites is 1. The Kier molecular flexibility index (Phi) is 3.25. The molecule has 0 saturated heterocycles. The van der Waals surface area contributed by atoms with Gasteiger partial charge in [-0.15, -0.1) is 0 Å². The fourth-order valence-electron chi connectivity index (χ4n) is 2.00. The molecule has 94 valence electrons. The van der Waals surface area contributed by atoms with E-state index in [0.717, 1.165) is 31.5 Å². The first-order valence-electron chi connectivity index (χ1n) is 5.90. The fourth-order valence-corrected chi connectivity index (χ4v) is 2.51. The average Bonchev–Trinajstić information content (AvgIpc) is 2.42. The second-order valence-electron chi connectivity index (χ2n) is 4.24. The number of nitrogens with zero attached hydrogens (tertiary/aromatic N) is 1. The smallest absolute Gasteiger partial charge is 0.0936 e. The van der Waals surface area contributed by atoms with Crippen LogP contribution in [0.3, 0.4) is 0 Å². The number of aromatic nitrogens is 1. The standard InChI is InChI=1S/C15H12IN3/c16-11-6-7-13(12(17)9-11)19-14-5-1-3-10-4-2-8-18-15(10)14/h1-9,19H,17H2. The fraction of sp³-hybridized carbons (Fsp3) is 0. The molecule has 1 aromatic heterocycles. The lowest BCUT2D eigenvalue weighted by molar-refractivity contribution is 1.40. The Morgan fingerprint density at radius 1 is 1.00 bits per heavy atom. The third-order valence-corrected chi connectivity index (χ3v) is 3.59. The maximum Gasteiger partial charge on any atom is 0.0936 e. The van der Waals surface area contributed by atoms with Crippen molar-refractivity contribution in [3.05, 3.63) is 58.3 Å². The lowest BCUT2D eigenvalue weighted by Crippen LogP contribution is -1.97. The first kappa shape index (κ1) is 12.2. The molecule has 0 aliphatic rings. The number of hydrogen-bond acceptors (Lipinski definition) is 3. The number of hydrogen-bond donors (Lipinski definition) is 2. The van der Waals surface area contributed by atoms with Gasteiger partial charge in [0.2, 0.25) is 0 Å². The van der Waals surface area contributed by atoms with Crippen LogP contribution in [0.1, 0.15) is 0 Å². The predicted octanol–water partition coefficient (Wildman–Crippen LogP) is 4.17. The molecule has 0 atom stereocenters. The SMILES string of the molecule is Nc1cc(I)ccc1Nc1cccc2cccnc12. The van der Waals surface area contributed by atoms with E-state index in [1.165, 1.54) is 0 Å². The maximum absolute atomic E-state index is 6.03. The molecule has 0 fully saturated rings. The number of nitrogens with two attached hydrogens (primary N) is 1. The van der Waals surface area contributed by atoms with Crippen LogP contribution in [0.25, 0.3) is 10.9 Å². The van der Waals surface area contributed by atoms with Crippen LogP contribution in [-0.4, -0.2) is 4.98 Å². The average molecular weight is 361 g/mol. The van der Waals surface area contributed by atoms with Crippen LogP contribution < -0.4 is 11.1 Å². The highest BCUT2D eigenvalue weighted by molar-refractivity contribution is 14.1.